The fourth-order valence-electron chi connectivity index (χ4n) is 1.22. The van der Waals surface area contributed by atoms with Crippen LogP contribution in [0.15, 0.2) is 0 Å². The summed E-state index contributed by atoms with van der Waals surface area (Å²) in [6.45, 7) is 2.94. The first-order valence-corrected chi connectivity index (χ1v) is 8.85. The number of hydrogen-bond acceptors (Lipinski definition) is 4. The van der Waals surface area contributed by atoms with Gasteiger partial charge in [0.05, 0.1) is 5.75 Å². The number of nitrogens with zero attached hydrogens (tertiary/aromatic N) is 1. The third kappa shape index (κ3) is 9.48. The second kappa shape index (κ2) is 7.76. The molecule has 0 fully saturated rings. The summed E-state index contributed by atoms with van der Waals surface area (Å²) in [4.78, 5) is 2.18. The van der Waals surface area contributed by atoms with Gasteiger partial charge in [0.1, 0.15) is 0 Å². The van der Waals surface area contributed by atoms with Gasteiger partial charge >= 0.3 is 0 Å². The number of rotatable bonds is 8. The van der Waals surface area contributed by atoms with Crippen LogP contribution in [0.2, 0.25) is 0 Å². The molecule has 0 saturated heterocycles. The SMILES string of the molecule is CSCCC(C)N(C)CCCS(=O)(=O)Cl. The lowest BCUT2D eigenvalue weighted by atomic mass is 10.2. The zero-order valence-electron chi connectivity index (χ0n) is 9.57. The molecule has 1 unspecified atom stereocenters. The Kier molecular flexibility index (Phi) is 8.05. The lowest BCUT2D eigenvalue weighted by Crippen LogP contribution is -2.31. The molecule has 0 aliphatic heterocycles. The summed E-state index contributed by atoms with van der Waals surface area (Å²) in [5.74, 6) is 1.20. The van der Waals surface area contributed by atoms with E-state index in [2.05, 4.69) is 18.1 Å². The highest BCUT2D eigenvalue weighted by molar-refractivity contribution is 8.13. The van der Waals surface area contributed by atoms with E-state index in [1.807, 2.05) is 18.8 Å². The van der Waals surface area contributed by atoms with Crippen molar-refractivity contribution in [2.75, 3.05) is 31.4 Å². The molecule has 1 atom stereocenters. The van der Waals surface area contributed by atoms with Crippen LogP contribution in [0.3, 0.4) is 0 Å². The zero-order valence-corrected chi connectivity index (χ0v) is 12.0. The minimum Gasteiger partial charge on any atom is -0.304 e. The second-order valence-corrected chi connectivity index (χ2v) is 7.59. The van der Waals surface area contributed by atoms with Crippen LogP contribution >= 0.6 is 22.4 Å². The van der Waals surface area contributed by atoms with Gasteiger partial charge < -0.3 is 4.90 Å². The molecular formula is C9H20ClNO2S2. The van der Waals surface area contributed by atoms with Crippen molar-refractivity contribution in [2.24, 2.45) is 0 Å². The number of hydrogen-bond donors (Lipinski definition) is 0. The Morgan fingerprint density at radius 3 is 2.53 bits per heavy atom. The maximum absolute atomic E-state index is 10.7. The molecule has 0 amide bonds. The molecule has 0 spiro atoms. The molecule has 0 aromatic rings. The van der Waals surface area contributed by atoms with Gasteiger partial charge in [0.25, 0.3) is 0 Å². The average molecular weight is 274 g/mol. The molecule has 0 saturated carbocycles. The quantitative estimate of drug-likeness (QED) is 0.634. The van der Waals surface area contributed by atoms with Crippen molar-refractivity contribution in [3.63, 3.8) is 0 Å². The van der Waals surface area contributed by atoms with Crippen molar-refractivity contribution in [3.05, 3.63) is 0 Å². The van der Waals surface area contributed by atoms with Crippen LogP contribution in [0.25, 0.3) is 0 Å². The van der Waals surface area contributed by atoms with Gasteiger partial charge in [0.2, 0.25) is 9.05 Å². The summed E-state index contributed by atoms with van der Waals surface area (Å²) in [5.41, 5.74) is 0. The molecule has 0 radical (unpaired) electrons. The first-order valence-electron chi connectivity index (χ1n) is 4.98. The van der Waals surface area contributed by atoms with E-state index in [0.29, 0.717) is 12.5 Å². The largest absolute Gasteiger partial charge is 0.304 e. The first-order chi connectivity index (χ1) is 6.87. The summed E-state index contributed by atoms with van der Waals surface area (Å²) < 4.78 is 21.4. The smallest absolute Gasteiger partial charge is 0.232 e. The molecule has 0 rings (SSSR count). The molecule has 0 heterocycles. The molecule has 3 nitrogen and oxygen atoms in total. The van der Waals surface area contributed by atoms with E-state index >= 15 is 0 Å². The van der Waals surface area contributed by atoms with Crippen molar-refractivity contribution in [1.82, 2.24) is 4.90 Å². The molecule has 0 aliphatic carbocycles. The van der Waals surface area contributed by atoms with E-state index in [9.17, 15) is 8.42 Å². The average Bonchev–Trinajstić information content (AvgIpc) is 2.11. The summed E-state index contributed by atoms with van der Waals surface area (Å²) in [5, 5.41) is 0. The van der Waals surface area contributed by atoms with Crippen LogP contribution in [-0.4, -0.2) is 50.7 Å². The van der Waals surface area contributed by atoms with Crippen LogP contribution in [0, 0.1) is 0 Å². The Hall–Kier alpha value is 0.550. The molecule has 0 bridgehead atoms. The van der Waals surface area contributed by atoms with Gasteiger partial charge in [-0.2, -0.15) is 11.8 Å². The first kappa shape index (κ1) is 15.6. The minimum atomic E-state index is -3.32. The Morgan fingerprint density at radius 2 is 2.07 bits per heavy atom. The Morgan fingerprint density at radius 1 is 1.47 bits per heavy atom. The molecule has 92 valence electrons. The van der Waals surface area contributed by atoms with Crippen LogP contribution in [0.5, 0.6) is 0 Å². The fourth-order valence-corrected chi connectivity index (χ4v) is 2.59. The van der Waals surface area contributed by atoms with Gasteiger partial charge in [-0.3, -0.25) is 0 Å². The maximum atomic E-state index is 10.7. The minimum absolute atomic E-state index is 0.0636. The number of thioether (sulfide) groups is 1. The van der Waals surface area contributed by atoms with Crippen LogP contribution in [0.1, 0.15) is 19.8 Å². The Bertz CT molecular complexity index is 257. The van der Waals surface area contributed by atoms with E-state index in [1.165, 1.54) is 0 Å². The highest BCUT2D eigenvalue weighted by Crippen LogP contribution is 2.07. The van der Waals surface area contributed by atoms with Crippen molar-refractivity contribution < 1.29 is 8.42 Å². The topological polar surface area (TPSA) is 37.4 Å². The van der Waals surface area contributed by atoms with Crippen molar-refractivity contribution in [1.29, 1.82) is 0 Å². The lowest BCUT2D eigenvalue weighted by molar-refractivity contribution is 0.254. The number of halogens is 1. The highest BCUT2D eigenvalue weighted by atomic mass is 35.7. The van der Waals surface area contributed by atoms with Crippen molar-refractivity contribution in [2.45, 2.75) is 25.8 Å². The third-order valence-corrected chi connectivity index (χ3v) is 4.27. The maximum Gasteiger partial charge on any atom is 0.232 e. The molecule has 15 heavy (non-hydrogen) atoms. The van der Waals surface area contributed by atoms with E-state index in [1.54, 1.807) is 0 Å². The van der Waals surface area contributed by atoms with E-state index in [4.69, 9.17) is 10.7 Å². The monoisotopic (exact) mass is 273 g/mol. The zero-order chi connectivity index (χ0) is 11.9. The molecular weight excluding hydrogens is 254 g/mol. The van der Waals surface area contributed by atoms with Gasteiger partial charge in [-0.1, -0.05) is 0 Å². The predicted octanol–water partition coefficient (Wildman–Crippen LogP) is 2.02. The summed E-state index contributed by atoms with van der Waals surface area (Å²) >= 11 is 1.83. The third-order valence-electron chi connectivity index (χ3n) is 2.39. The van der Waals surface area contributed by atoms with Gasteiger partial charge in [-0.15, -0.1) is 0 Å². The summed E-state index contributed by atoms with van der Waals surface area (Å²) in [7, 11) is 3.83. The molecule has 6 heteroatoms. The van der Waals surface area contributed by atoms with Gasteiger partial charge in [-0.05, 0) is 45.4 Å². The van der Waals surface area contributed by atoms with E-state index in [-0.39, 0.29) is 5.75 Å². The fraction of sp³-hybridized carbons (Fsp3) is 1.00. The van der Waals surface area contributed by atoms with E-state index < -0.39 is 9.05 Å². The summed E-state index contributed by atoms with van der Waals surface area (Å²) in [6, 6.07) is 0.496. The molecule has 0 N–H and O–H groups in total. The second-order valence-electron chi connectivity index (χ2n) is 3.71. The highest BCUT2D eigenvalue weighted by Gasteiger charge is 2.10. The predicted molar refractivity (Wildman–Crippen MR) is 69.3 cm³/mol. The molecule has 0 aromatic carbocycles. The van der Waals surface area contributed by atoms with Gasteiger partial charge in [-0.25, -0.2) is 8.42 Å². The Balaban J connectivity index is 3.68. The normalized spacial score (nSPS) is 14.5. The lowest BCUT2D eigenvalue weighted by Gasteiger charge is -2.24. The van der Waals surface area contributed by atoms with Gasteiger partial charge in [0, 0.05) is 16.7 Å². The Labute approximate surface area is 102 Å². The summed E-state index contributed by atoms with van der Waals surface area (Å²) in [6.07, 6.45) is 3.82. The standard InChI is InChI=1S/C9H20ClNO2S2/c1-9(5-7-14-3)11(2)6-4-8-15(10,12)13/h9H,4-8H2,1-3H3. The van der Waals surface area contributed by atoms with E-state index in [0.717, 1.165) is 18.7 Å². The van der Waals surface area contributed by atoms with Crippen molar-refractivity contribution >= 4 is 31.5 Å². The van der Waals surface area contributed by atoms with Gasteiger partial charge in [0.15, 0.2) is 0 Å². The molecule has 0 aliphatic rings. The van der Waals surface area contributed by atoms with Crippen LogP contribution in [0.4, 0.5) is 0 Å². The van der Waals surface area contributed by atoms with Crippen molar-refractivity contribution in [3.8, 4) is 0 Å². The molecule has 0 aromatic heterocycles. The van der Waals surface area contributed by atoms with Crippen LogP contribution < -0.4 is 0 Å². The van der Waals surface area contributed by atoms with Crippen LogP contribution in [-0.2, 0) is 9.05 Å².